The summed E-state index contributed by atoms with van der Waals surface area (Å²) in [6.07, 6.45) is 4.69. The lowest BCUT2D eigenvalue weighted by Gasteiger charge is -2.03. The number of hydrogen-bond acceptors (Lipinski definition) is 6. The normalized spacial score (nSPS) is 11.5. The molecule has 0 bridgehead atoms. The summed E-state index contributed by atoms with van der Waals surface area (Å²) in [5.41, 5.74) is 0. The quantitative estimate of drug-likeness (QED) is 0.709. The van der Waals surface area contributed by atoms with E-state index in [0.29, 0.717) is 6.42 Å². The maximum atomic E-state index is 11.0. The predicted octanol–water partition coefficient (Wildman–Crippen LogP) is -0.489. The molecule has 100 valence electrons. The fraction of sp³-hybridized carbons (Fsp3) is 0.500. The predicted molar refractivity (Wildman–Crippen MR) is 58.2 cm³/mol. The summed E-state index contributed by atoms with van der Waals surface area (Å²) in [6.45, 7) is 1.77. The van der Waals surface area contributed by atoms with Gasteiger partial charge in [0.1, 0.15) is 6.33 Å². The third kappa shape index (κ3) is 11.1. The molecule has 0 spiro atoms. The van der Waals surface area contributed by atoms with Gasteiger partial charge in [-0.1, -0.05) is 6.92 Å². The Morgan fingerprint density at radius 1 is 1.35 bits per heavy atom. The molecular weight excluding hydrogens is 276 g/mol. The zero-order valence-corrected chi connectivity index (χ0v) is 10.4. The van der Waals surface area contributed by atoms with Gasteiger partial charge in [-0.05, 0) is 6.42 Å². The molecular formula is C6H13N2O7S2+. The van der Waals surface area contributed by atoms with Crippen LogP contribution < -0.4 is 4.28 Å². The number of hydrogen-bond donors (Lipinski definition) is 2. The first-order valence-electron chi connectivity index (χ1n) is 4.24. The summed E-state index contributed by atoms with van der Waals surface area (Å²) in [6, 6.07) is 0. The summed E-state index contributed by atoms with van der Waals surface area (Å²) in [5.74, 6) is 0.0190. The minimum atomic E-state index is -4.67. The Kier molecular flexibility index (Phi) is 6.09. The number of imidazole rings is 1. The molecule has 0 aliphatic heterocycles. The van der Waals surface area contributed by atoms with E-state index in [2.05, 4.69) is 9.27 Å². The molecule has 1 aromatic rings. The van der Waals surface area contributed by atoms with Gasteiger partial charge < -0.3 is 0 Å². The average Bonchev–Trinajstić information content (AvgIpc) is 2.51. The first kappa shape index (κ1) is 15.8. The van der Waals surface area contributed by atoms with Crippen molar-refractivity contribution in [1.29, 1.82) is 0 Å². The van der Waals surface area contributed by atoms with Gasteiger partial charge in [0, 0.05) is 6.20 Å². The summed E-state index contributed by atoms with van der Waals surface area (Å²) in [4.78, 5) is 3.64. The first-order chi connectivity index (χ1) is 7.64. The van der Waals surface area contributed by atoms with E-state index in [4.69, 9.17) is 17.5 Å². The Bertz CT molecular complexity index is 502. The maximum Gasteiger partial charge on any atom is 1.00 e. The maximum absolute atomic E-state index is 11.0. The van der Waals surface area contributed by atoms with E-state index >= 15 is 0 Å². The minimum absolute atomic E-state index is 0. The fourth-order valence-electron chi connectivity index (χ4n) is 0.709. The number of nitrogens with zero attached hydrogens (tertiary/aromatic N) is 2. The van der Waals surface area contributed by atoms with Crippen molar-refractivity contribution in [2.24, 2.45) is 0 Å². The van der Waals surface area contributed by atoms with Crippen molar-refractivity contribution in [3.63, 3.8) is 0 Å². The van der Waals surface area contributed by atoms with Crippen LogP contribution in [-0.2, 0) is 20.5 Å². The lowest BCUT2D eigenvalue weighted by atomic mass is 10.6. The third-order valence-electron chi connectivity index (χ3n) is 1.13. The molecule has 0 radical (unpaired) electrons. The number of rotatable bonds is 4. The van der Waals surface area contributed by atoms with E-state index in [1.807, 2.05) is 0 Å². The van der Waals surface area contributed by atoms with Crippen LogP contribution in [0, 0.1) is 0 Å². The molecule has 0 unspecified atom stereocenters. The molecule has 0 aliphatic rings. The first-order valence-corrected chi connectivity index (χ1v) is 7.22. The number of aromatic nitrogens is 2. The molecule has 17 heavy (non-hydrogen) atoms. The van der Waals surface area contributed by atoms with Gasteiger partial charge >= 0.3 is 21.9 Å². The van der Waals surface area contributed by atoms with Crippen molar-refractivity contribution in [3.05, 3.63) is 18.7 Å². The Morgan fingerprint density at radius 2 is 1.88 bits per heavy atom. The second-order valence-electron chi connectivity index (χ2n) is 2.71. The van der Waals surface area contributed by atoms with E-state index in [1.54, 1.807) is 6.92 Å². The van der Waals surface area contributed by atoms with Gasteiger partial charge in [0.15, 0.2) is 0 Å². The summed E-state index contributed by atoms with van der Waals surface area (Å²) >= 11 is 0. The second kappa shape index (κ2) is 6.54. The molecule has 0 aliphatic carbocycles. The SMILES string of the molecule is CCCS(=O)(=O)On1ccnc1.O=S(=O)(O)O.[H+]. The molecule has 11 heteroatoms. The molecule has 0 aromatic carbocycles. The van der Waals surface area contributed by atoms with Crippen molar-refractivity contribution in [2.75, 3.05) is 5.75 Å². The zero-order chi connectivity index (χ0) is 13.5. The van der Waals surface area contributed by atoms with Gasteiger partial charge in [-0.15, -0.1) is 0 Å². The van der Waals surface area contributed by atoms with Crippen LogP contribution in [0.15, 0.2) is 18.7 Å². The molecule has 0 saturated carbocycles. The van der Waals surface area contributed by atoms with E-state index in [0.717, 1.165) is 4.73 Å². The van der Waals surface area contributed by atoms with Crippen LogP contribution in [0.5, 0.6) is 0 Å². The standard InChI is InChI=1S/C6H10N2O3S.H2O4S/c1-2-5-12(9,10)11-8-4-3-7-6-8;1-5(2,3)4/h3-4,6H,2,5H2,1H3;(H2,1,2,3,4)/p+1. The van der Waals surface area contributed by atoms with Gasteiger partial charge in [0.05, 0.1) is 11.9 Å². The van der Waals surface area contributed by atoms with Crippen LogP contribution >= 0.6 is 0 Å². The summed E-state index contributed by atoms with van der Waals surface area (Å²) in [7, 11) is -8.10. The molecule has 0 amide bonds. The van der Waals surface area contributed by atoms with Gasteiger partial charge in [0.2, 0.25) is 0 Å². The van der Waals surface area contributed by atoms with Gasteiger partial charge in [0.25, 0.3) is 0 Å². The summed E-state index contributed by atoms with van der Waals surface area (Å²) < 4.78 is 59.3. The van der Waals surface area contributed by atoms with E-state index in [9.17, 15) is 8.42 Å². The minimum Gasteiger partial charge on any atom is -0.286 e. The van der Waals surface area contributed by atoms with Gasteiger partial charge in [-0.2, -0.15) is 21.6 Å². The van der Waals surface area contributed by atoms with Crippen LogP contribution in [0.3, 0.4) is 0 Å². The molecule has 9 nitrogen and oxygen atoms in total. The average molecular weight is 289 g/mol. The lowest BCUT2D eigenvalue weighted by molar-refractivity contribution is 0.278. The molecule has 1 rings (SSSR count). The lowest BCUT2D eigenvalue weighted by Crippen LogP contribution is -2.21. The molecule has 1 heterocycles. The molecule has 1 aromatic heterocycles. The monoisotopic (exact) mass is 289 g/mol. The second-order valence-corrected chi connectivity index (χ2v) is 5.28. The Morgan fingerprint density at radius 3 is 2.24 bits per heavy atom. The van der Waals surface area contributed by atoms with E-state index < -0.39 is 20.5 Å². The fourth-order valence-corrected chi connectivity index (χ4v) is 1.63. The van der Waals surface area contributed by atoms with Crippen molar-refractivity contribution in [3.8, 4) is 0 Å². The Hall–Kier alpha value is -1.17. The van der Waals surface area contributed by atoms with Crippen LogP contribution in [0.1, 0.15) is 14.8 Å². The highest BCUT2D eigenvalue weighted by Gasteiger charge is 2.10. The highest BCUT2D eigenvalue weighted by Crippen LogP contribution is 1.92. The Balaban J connectivity index is 0. The highest BCUT2D eigenvalue weighted by atomic mass is 32.3. The van der Waals surface area contributed by atoms with Crippen LogP contribution in [0.25, 0.3) is 0 Å². The Labute approximate surface area is 100 Å². The zero-order valence-electron chi connectivity index (χ0n) is 9.79. The molecule has 2 N–H and O–H groups in total. The van der Waals surface area contributed by atoms with Crippen LogP contribution in [0.2, 0.25) is 0 Å². The van der Waals surface area contributed by atoms with Crippen molar-refractivity contribution in [2.45, 2.75) is 13.3 Å². The smallest absolute Gasteiger partial charge is 0.286 e. The van der Waals surface area contributed by atoms with Crippen LogP contribution in [-0.4, -0.2) is 41.4 Å². The molecule has 0 saturated heterocycles. The third-order valence-corrected chi connectivity index (χ3v) is 2.44. The van der Waals surface area contributed by atoms with Crippen LogP contribution in [0.4, 0.5) is 0 Å². The molecule has 0 fully saturated rings. The van der Waals surface area contributed by atoms with E-state index in [1.165, 1.54) is 18.7 Å². The van der Waals surface area contributed by atoms with Crippen molar-refractivity contribution in [1.82, 2.24) is 9.71 Å². The largest absolute Gasteiger partial charge is 1.00 e. The van der Waals surface area contributed by atoms with E-state index in [-0.39, 0.29) is 7.18 Å². The highest BCUT2D eigenvalue weighted by molar-refractivity contribution is 7.86. The van der Waals surface area contributed by atoms with Gasteiger partial charge in [-0.25, -0.2) is 4.98 Å². The topological polar surface area (TPSA) is 136 Å². The molecule has 0 atom stereocenters. The van der Waals surface area contributed by atoms with Crippen molar-refractivity contribution >= 4 is 20.5 Å². The van der Waals surface area contributed by atoms with Crippen molar-refractivity contribution < 1.29 is 31.7 Å². The van der Waals surface area contributed by atoms with Gasteiger partial charge in [-0.3, -0.25) is 13.4 Å². The summed E-state index contributed by atoms with van der Waals surface area (Å²) in [5, 5.41) is 0.